The van der Waals surface area contributed by atoms with Gasteiger partial charge in [-0.05, 0) is 17.7 Å². The molecule has 22 heavy (non-hydrogen) atoms. The third kappa shape index (κ3) is 4.04. The molecule has 0 radical (unpaired) electrons. The summed E-state index contributed by atoms with van der Waals surface area (Å²) in [6, 6.07) is 6.18. The summed E-state index contributed by atoms with van der Waals surface area (Å²) in [5, 5.41) is 10.4. The Morgan fingerprint density at radius 2 is 2.05 bits per heavy atom. The van der Waals surface area contributed by atoms with Gasteiger partial charge in [0.15, 0.2) is 5.13 Å². The second kappa shape index (κ2) is 6.14. The van der Waals surface area contributed by atoms with Crippen LogP contribution in [0.5, 0.6) is 0 Å². The Bertz CT molecular complexity index is 713. The summed E-state index contributed by atoms with van der Waals surface area (Å²) < 4.78 is 36.4. The number of rotatable bonds is 4. The Hall–Kier alpha value is -2.42. The minimum absolute atomic E-state index is 0.118. The van der Waals surface area contributed by atoms with Crippen molar-refractivity contribution in [3.63, 3.8) is 0 Å². The molecule has 2 N–H and O–H groups in total. The third-order valence-electron chi connectivity index (χ3n) is 2.58. The molecule has 0 aliphatic heterocycles. The number of hydrogen-bond donors (Lipinski definition) is 2. The molecule has 0 atom stereocenters. The van der Waals surface area contributed by atoms with Gasteiger partial charge >= 0.3 is 18.1 Å². The van der Waals surface area contributed by atoms with E-state index in [9.17, 15) is 22.8 Å². The number of aromatic nitrogens is 1. The fourth-order valence-electron chi connectivity index (χ4n) is 1.63. The van der Waals surface area contributed by atoms with Crippen LogP contribution in [0.25, 0.3) is 0 Å². The molecule has 1 heterocycles. The van der Waals surface area contributed by atoms with Crippen LogP contribution in [0.1, 0.15) is 20.8 Å². The number of carboxylic acids is 1. The van der Waals surface area contributed by atoms with Crippen molar-refractivity contribution in [2.24, 2.45) is 0 Å². The molecule has 2 aromatic rings. The molecule has 9 heteroatoms. The quantitative estimate of drug-likeness (QED) is 0.903. The van der Waals surface area contributed by atoms with Gasteiger partial charge in [0.1, 0.15) is 0 Å². The number of halogens is 3. The minimum atomic E-state index is -4.97. The normalized spacial score (nSPS) is 11.2. The van der Waals surface area contributed by atoms with Gasteiger partial charge in [-0.2, -0.15) is 13.2 Å². The van der Waals surface area contributed by atoms with E-state index in [1.165, 1.54) is 18.3 Å². The van der Waals surface area contributed by atoms with Gasteiger partial charge in [0, 0.05) is 17.5 Å². The van der Waals surface area contributed by atoms with Crippen LogP contribution in [0, 0.1) is 0 Å². The number of thiazole rings is 1. The largest absolute Gasteiger partial charge is 0.478 e. The van der Waals surface area contributed by atoms with Crippen molar-refractivity contribution in [2.75, 3.05) is 5.32 Å². The van der Waals surface area contributed by atoms with Crippen LogP contribution in [-0.4, -0.2) is 28.1 Å². The fourth-order valence-corrected chi connectivity index (χ4v) is 2.47. The van der Waals surface area contributed by atoms with Crippen molar-refractivity contribution >= 4 is 28.3 Å². The summed E-state index contributed by atoms with van der Waals surface area (Å²) in [5.74, 6) is -3.15. The maximum absolute atomic E-state index is 12.1. The lowest BCUT2D eigenvalue weighted by Gasteiger charge is -2.04. The number of benzene rings is 1. The highest BCUT2D eigenvalue weighted by atomic mass is 32.1. The Kier molecular flexibility index (Phi) is 4.45. The Balaban J connectivity index is 2.08. The van der Waals surface area contributed by atoms with Crippen LogP contribution in [0.3, 0.4) is 0 Å². The van der Waals surface area contributed by atoms with Crippen LogP contribution < -0.4 is 5.32 Å². The first-order chi connectivity index (χ1) is 10.3. The van der Waals surface area contributed by atoms with Gasteiger partial charge in [-0.25, -0.2) is 9.78 Å². The number of amides is 1. The number of nitrogens with zero attached hydrogens (tertiary/aromatic N) is 1. The number of carbonyl (C=O) groups is 2. The molecule has 5 nitrogen and oxygen atoms in total. The van der Waals surface area contributed by atoms with E-state index in [-0.39, 0.29) is 10.7 Å². The molecule has 0 aliphatic rings. The fraction of sp³-hybridized carbons (Fsp3) is 0.154. The second-order valence-corrected chi connectivity index (χ2v) is 5.38. The molecular weight excluding hydrogens is 321 g/mol. The Labute approximate surface area is 126 Å². The SMILES string of the molecule is O=C(O)c1cccc(Cc2cnc(NC(=O)C(F)(F)F)s2)c1. The summed E-state index contributed by atoms with van der Waals surface area (Å²) in [6.07, 6.45) is -3.33. The van der Waals surface area contributed by atoms with E-state index in [2.05, 4.69) is 4.98 Å². The number of aromatic carboxylic acids is 1. The van der Waals surface area contributed by atoms with E-state index in [1.54, 1.807) is 17.4 Å². The lowest BCUT2D eigenvalue weighted by atomic mass is 10.1. The zero-order valence-corrected chi connectivity index (χ0v) is 11.7. The van der Waals surface area contributed by atoms with Crippen molar-refractivity contribution in [1.29, 1.82) is 0 Å². The zero-order chi connectivity index (χ0) is 16.3. The van der Waals surface area contributed by atoms with E-state index in [0.717, 1.165) is 11.3 Å². The molecule has 1 aromatic carbocycles. The van der Waals surface area contributed by atoms with Gasteiger partial charge in [0.2, 0.25) is 0 Å². The summed E-state index contributed by atoms with van der Waals surface area (Å²) in [7, 11) is 0. The monoisotopic (exact) mass is 330 g/mol. The minimum Gasteiger partial charge on any atom is -0.478 e. The Morgan fingerprint density at radius 1 is 1.32 bits per heavy atom. The van der Waals surface area contributed by atoms with Crippen molar-refractivity contribution in [3.8, 4) is 0 Å². The molecule has 116 valence electrons. The van der Waals surface area contributed by atoms with Gasteiger partial charge < -0.3 is 5.11 Å². The standard InChI is InChI=1S/C13H9F3N2O3S/c14-13(15,16)11(21)18-12-17-6-9(22-12)5-7-2-1-3-8(4-7)10(19)20/h1-4,6H,5H2,(H,19,20)(H,17,18,21). The van der Waals surface area contributed by atoms with Crippen LogP contribution in [-0.2, 0) is 11.2 Å². The predicted molar refractivity (Wildman–Crippen MR) is 73.0 cm³/mol. The highest BCUT2D eigenvalue weighted by Gasteiger charge is 2.39. The van der Waals surface area contributed by atoms with E-state index >= 15 is 0 Å². The summed E-state index contributed by atoms with van der Waals surface area (Å²) in [4.78, 5) is 25.9. The Morgan fingerprint density at radius 3 is 2.68 bits per heavy atom. The number of nitrogens with one attached hydrogen (secondary N) is 1. The molecule has 0 fully saturated rings. The third-order valence-corrected chi connectivity index (χ3v) is 3.50. The first-order valence-corrected chi connectivity index (χ1v) is 6.72. The first-order valence-electron chi connectivity index (χ1n) is 5.91. The molecule has 1 aromatic heterocycles. The highest BCUT2D eigenvalue weighted by molar-refractivity contribution is 7.15. The lowest BCUT2D eigenvalue weighted by molar-refractivity contribution is -0.167. The molecule has 0 spiro atoms. The van der Waals surface area contributed by atoms with Crippen molar-refractivity contribution < 1.29 is 27.9 Å². The molecule has 0 aliphatic carbocycles. The van der Waals surface area contributed by atoms with Crippen LogP contribution in [0.2, 0.25) is 0 Å². The van der Waals surface area contributed by atoms with E-state index in [4.69, 9.17) is 5.11 Å². The molecule has 0 bridgehead atoms. The van der Waals surface area contributed by atoms with Crippen molar-refractivity contribution in [3.05, 3.63) is 46.5 Å². The predicted octanol–water partition coefficient (Wildman–Crippen LogP) is 2.93. The van der Waals surface area contributed by atoms with E-state index in [1.807, 2.05) is 0 Å². The van der Waals surface area contributed by atoms with Gasteiger partial charge in [0.05, 0.1) is 5.56 Å². The average Bonchev–Trinajstić information content (AvgIpc) is 2.85. The molecule has 0 unspecified atom stereocenters. The summed E-state index contributed by atoms with van der Waals surface area (Å²) in [5.41, 5.74) is 0.796. The smallest absolute Gasteiger partial charge is 0.471 e. The highest BCUT2D eigenvalue weighted by Crippen LogP contribution is 2.24. The molecule has 1 amide bonds. The van der Waals surface area contributed by atoms with Crippen molar-refractivity contribution in [2.45, 2.75) is 12.6 Å². The van der Waals surface area contributed by atoms with Gasteiger partial charge in [-0.15, -0.1) is 11.3 Å². The maximum Gasteiger partial charge on any atom is 0.471 e. The number of alkyl halides is 3. The molecule has 0 saturated heterocycles. The van der Waals surface area contributed by atoms with Gasteiger partial charge in [-0.1, -0.05) is 12.1 Å². The number of carboxylic acid groups (broad SMARTS) is 1. The second-order valence-electron chi connectivity index (χ2n) is 4.27. The average molecular weight is 330 g/mol. The maximum atomic E-state index is 12.1. The molecule has 2 rings (SSSR count). The van der Waals surface area contributed by atoms with E-state index < -0.39 is 18.1 Å². The van der Waals surface area contributed by atoms with Crippen LogP contribution in [0.15, 0.2) is 30.5 Å². The number of anilines is 1. The zero-order valence-electron chi connectivity index (χ0n) is 10.8. The van der Waals surface area contributed by atoms with Crippen molar-refractivity contribution in [1.82, 2.24) is 4.98 Å². The van der Waals surface area contributed by atoms with Crippen LogP contribution >= 0.6 is 11.3 Å². The lowest BCUT2D eigenvalue weighted by Crippen LogP contribution is -2.29. The van der Waals surface area contributed by atoms with Crippen LogP contribution in [0.4, 0.5) is 18.3 Å². The number of carbonyl (C=O) groups excluding carboxylic acids is 1. The summed E-state index contributed by atoms with van der Waals surface area (Å²) in [6.45, 7) is 0. The number of hydrogen-bond acceptors (Lipinski definition) is 4. The first kappa shape index (κ1) is 16.0. The van der Waals surface area contributed by atoms with Gasteiger partial charge in [0.25, 0.3) is 0 Å². The molecular formula is C13H9F3N2O3S. The van der Waals surface area contributed by atoms with E-state index in [0.29, 0.717) is 16.9 Å². The topological polar surface area (TPSA) is 79.3 Å². The molecule has 0 saturated carbocycles. The summed E-state index contributed by atoms with van der Waals surface area (Å²) >= 11 is 0.896. The van der Waals surface area contributed by atoms with Gasteiger partial charge in [-0.3, -0.25) is 10.1 Å².